The van der Waals surface area contributed by atoms with E-state index in [4.69, 9.17) is 18.9 Å². The molecule has 1 N–H and O–H groups in total. The summed E-state index contributed by atoms with van der Waals surface area (Å²) in [6, 6.07) is 11.2. The second-order valence-electron chi connectivity index (χ2n) is 6.79. The van der Waals surface area contributed by atoms with E-state index < -0.39 is 0 Å². The zero-order valence-corrected chi connectivity index (χ0v) is 17.3. The molecule has 2 aromatic carbocycles. The lowest BCUT2D eigenvalue weighted by atomic mass is 9.86. The van der Waals surface area contributed by atoms with Crippen LogP contribution in [0.4, 0.5) is 5.82 Å². The summed E-state index contributed by atoms with van der Waals surface area (Å²) in [6.07, 6.45) is 2.05. The Hall–Kier alpha value is -3.68. The summed E-state index contributed by atoms with van der Waals surface area (Å²) < 4.78 is 23.5. The molecule has 0 aliphatic carbocycles. The van der Waals surface area contributed by atoms with E-state index >= 15 is 0 Å². The third kappa shape index (κ3) is 3.20. The number of aromatic nitrogens is 2. The number of ether oxygens (including phenoxy) is 4. The van der Waals surface area contributed by atoms with Crippen molar-refractivity contribution in [2.24, 2.45) is 0 Å². The van der Waals surface area contributed by atoms with Gasteiger partial charge in [0.2, 0.25) is 11.7 Å². The quantitative estimate of drug-likeness (QED) is 0.672. The predicted molar refractivity (Wildman–Crippen MR) is 111 cm³/mol. The molecule has 1 aliphatic heterocycles. The summed E-state index contributed by atoms with van der Waals surface area (Å²) >= 11 is 0. The van der Waals surface area contributed by atoms with Crippen LogP contribution in [-0.4, -0.2) is 44.1 Å². The number of fused-ring (bicyclic) bond motifs is 1. The molecule has 30 heavy (non-hydrogen) atoms. The number of carbonyl (C=O) groups is 1. The number of anilines is 1. The van der Waals surface area contributed by atoms with Crippen molar-refractivity contribution in [3.8, 4) is 28.7 Å². The highest BCUT2D eigenvalue weighted by atomic mass is 16.5. The van der Waals surface area contributed by atoms with Gasteiger partial charge < -0.3 is 24.3 Å². The number of hydrogen-bond donors (Lipinski definition) is 1. The average Bonchev–Trinajstić information content (AvgIpc) is 3.21. The van der Waals surface area contributed by atoms with E-state index in [1.807, 2.05) is 36.4 Å². The van der Waals surface area contributed by atoms with Crippen molar-refractivity contribution in [1.82, 2.24) is 9.78 Å². The van der Waals surface area contributed by atoms with Crippen molar-refractivity contribution in [3.05, 3.63) is 53.7 Å². The fourth-order valence-corrected chi connectivity index (χ4v) is 3.82. The lowest BCUT2D eigenvalue weighted by molar-refractivity contribution is -0.116. The average molecular weight is 409 g/mol. The molecule has 156 valence electrons. The van der Waals surface area contributed by atoms with Crippen molar-refractivity contribution >= 4 is 11.7 Å². The van der Waals surface area contributed by atoms with Gasteiger partial charge >= 0.3 is 0 Å². The molecule has 1 aliphatic rings. The number of benzene rings is 2. The van der Waals surface area contributed by atoms with Gasteiger partial charge in [-0.25, -0.2) is 4.68 Å². The van der Waals surface area contributed by atoms with Gasteiger partial charge in [-0.15, -0.1) is 0 Å². The van der Waals surface area contributed by atoms with Crippen LogP contribution in [0, 0.1) is 0 Å². The van der Waals surface area contributed by atoms with Gasteiger partial charge in [0.05, 0.1) is 40.3 Å². The predicted octanol–water partition coefficient (Wildman–Crippen LogP) is 3.38. The summed E-state index contributed by atoms with van der Waals surface area (Å²) in [4.78, 5) is 12.6. The van der Waals surface area contributed by atoms with E-state index in [9.17, 15) is 4.79 Å². The Kier molecular flexibility index (Phi) is 5.22. The Labute approximate surface area is 174 Å². The first-order valence-corrected chi connectivity index (χ1v) is 9.42. The van der Waals surface area contributed by atoms with Crippen LogP contribution in [0.2, 0.25) is 0 Å². The topological polar surface area (TPSA) is 83.8 Å². The maximum Gasteiger partial charge on any atom is 0.226 e. The standard InChI is InChI=1S/C22H23N3O5/c1-27-14-7-5-13(6-8-14)25-22-17(12-23-25)16(11-19(26)24-22)15-9-10-18(28-2)21(30-4)20(15)29-3/h5-10,12,16H,11H2,1-4H3,(H,24,26). The second kappa shape index (κ2) is 7.98. The van der Waals surface area contributed by atoms with Crippen molar-refractivity contribution < 1.29 is 23.7 Å². The molecule has 0 fully saturated rings. The molecule has 8 heteroatoms. The normalized spacial score (nSPS) is 15.2. The van der Waals surface area contributed by atoms with Crippen LogP contribution in [0.1, 0.15) is 23.5 Å². The molecule has 1 aromatic heterocycles. The SMILES string of the molecule is COc1ccc(-n2ncc3c2NC(=O)CC3c2ccc(OC)c(OC)c2OC)cc1. The fourth-order valence-electron chi connectivity index (χ4n) is 3.82. The minimum absolute atomic E-state index is 0.0976. The fraction of sp³-hybridized carbons (Fsp3) is 0.273. The third-order valence-corrected chi connectivity index (χ3v) is 5.25. The van der Waals surface area contributed by atoms with Crippen LogP contribution < -0.4 is 24.3 Å². The van der Waals surface area contributed by atoms with Gasteiger partial charge in [0.15, 0.2) is 11.5 Å². The lowest BCUT2D eigenvalue weighted by Crippen LogP contribution is -2.25. The molecule has 1 unspecified atom stereocenters. The number of methoxy groups -OCH3 is 4. The minimum Gasteiger partial charge on any atom is -0.497 e. The largest absolute Gasteiger partial charge is 0.497 e. The van der Waals surface area contributed by atoms with Gasteiger partial charge in [-0.1, -0.05) is 6.07 Å². The van der Waals surface area contributed by atoms with E-state index in [2.05, 4.69) is 10.4 Å². The van der Waals surface area contributed by atoms with Crippen LogP contribution in [-0.2, 0) is 4.79 Å². The third-order valence-electron chi connectivity index (χ3n) is 5.25. The van der Waals surface area contributed by atoms with Crippen molar-refractivity contribution in [3.63, 3.8) is 0 Å². The molecular weight excluding hydrogens is 386 g/mol. The molecule has 2 heterocycles. The van der Waals surface area contributed by atoms with Gasteiger partial charge in [0.1, 0.15) is 11.6 Å². The van der Waals surface area contributed by atoms with Crippen LogP contribution in [0.15, 0.2) is 42.6 Å². The maximum atomic E-state index is 12.6. The highest BCUT2D eigenvalue weighted by molar-refractivity contribution is 5.95. The molecule has 0 saturated heterocycles. The van der Waals surface area contributed by atoms with Gasteiger partial charge in [0, 0.05) is 23.5 Å². The molecule has 1 atom stereocenters. The zero-order valence-electron chi connectivity index (χ0n) is 17.3. The summed E-state index contributed by atoms with van der Waals surface area (Å²) in [7, 11) is 6.32. The Morgan fingerprint density at radius 3 is 2.27 bits per heavy atom. The van der Waals surface area contributed by atoms with Gasteiger partial charge in [-0.05, 0) is 30.3 Å². The van der Waals surface area contributed by atoms with E-state index in [1.165, 1.54) is 0 Å². The molecular formula is C22H23N3O5. The smallest absolute Gasteiger partial charge is 0.226 e. The number of rotatable bonds is 6. The van der Waals surface area contributed by atoms with Gasteiger partial charge in [0.25, 0.3) is 0 Å². The van der Waals surface area contributed by atoms with Crippen LogP contribution in [0.5, 0.6) is 23.0 Å². The zero-order chi connectivity index (χ0) is 21.3. The molecule has 0 saturated carbocycles. The molecule has 0 bridgehead atoms. The van der Waals surface area contributed by atoms with Crippen LogP contribution >= 0.6 is 0 Å². The number of carbonyl (C=O) groups excluding carboxylic acids is 1. The van der Waals surface area contributed by atoms with E-state index in [-0.39, 0.29) is 18.2 Å². The van der Waals surface area contributed by atoms with Gasteiger partial charge in [-0.3, -0.25) is 4.79 Å². The van der Waals surface area contributed by atoms with Crippen molar-refractivity contribution in [1.29, 1.82) is 0 Å². The van der Waals surface area contributed by atoms with Crippen molar-refractivity contribution in [2.75, 3.05) is 33.8 Å². The van der Waals surface area contributed by atoms with Crippen LogP contribution in [0.3, 0.4) is 0 Å². The number of hydrogen-bond acceptors (Lipinski definition) is 6. The Balaban J connectivity index is 1.82. The van der Waals surface area contributed by atoms with Crippen molar-refractivity contribution in [2.45, 2.75) is 12.3 Å². The molecule has 0 radical (unpaired) electrons. The van der Waals surface area contributed by atoms with Gasteiger partial charge in [-0.2, -0.15) is 5.10 Å². The highest BCUT2D eigenvalue weighted by Gasteiger charge is 2.33. The monoisotopic (exact) mass is 409 g/mol. The summed E-state index contributed by atoms with van der Waals surface area (Å²) in [5.41, 5.74) is 2.55. The first-order valence-electron chi connectivity index (χ1n) is 9.42. The highest BCUT2D eigenvalue weighted by Crippen LogP contribution is 2.47. The molecule has 8 nitrogen and oxygen atoms in total. The van der Waals surface area contributed by atoms with E-state index in [0.717, 1.165) is 22.6 Å². The number of amides is 1. The van der Waals surface area contributed by atoms with E-state index in [1.54, 1.807) is 39.3 Å². The summed E-state index contributed by atoms with van der Waals surface area (Å²) in [5, 5.41) is 7.49. The number of nitrogens with zero attached hydrogens (tertiary/aromatic N) is 2. The Morgan fingerprint density at radius 2 is 1.63 bits per heavy atom. The Bertz CT molecular complexity index is 1080. The van der Waals surface area contributed by atoms with Crippen LogP contribution in [0.25, 0.3) is 5.69 Å². The Morgan fingerprint density at radius 1 is 0.900 bits per heavy atom. The molecule has 0 spiro atoms. The first kappa shape index (κ1) is 19.6. The number of nitrogens with one attached hydrogen (secondary N) is 1. The maximum absolute atomic E-state index is 12.6. The molecule has 4 rings (SSSR count). The molecule has 3 aromatic rings. The first-order chi connectivity index (χ1) is 14.6. The van der Waals surface area contributed by atoms with E-state index in [0.29, 0.717) is 23.1 Å². The summed E-state index contributed by atoms with van der Waals surface area (Å²) in [5.74, 6) is 2.64. The minimum atomic E-state index is -0.240. The second-order valence-corrected chi connectivity index (χ2v) is 6.79. The molecule has 1 amide bonds. The summed E-state index contributed by atoms with van der Waals surface area (Å²) in [6.45, 7) is 0. The lowest BCUT2D eigenvalue weighted by Gasteiger charge is -2.26.